The number of thioether (sulfide) groups is 1. The Balaban J connectivity index is 2.34. The zero-order chi connectivity index (χ0) is 20.6. The van der Waals surface area contributed by atoms with Crippen molar-refractivity contribution in [3.63, 3.8) is 0 Å². The van der Waals surface area contributed by atoms with Crippen LogP contribution in [0.2, 0.25) is 5.02 Å². The minimum atomic E-state index is -0.919. The van der Waals surface area contributed by atoms with E-state index in [2.05, 4.69) is 0 Å². The zero-order valence-electron chi connectivity index (χ0n) is 15.5. The maximum atomic E-state index is 12.9. The van der Waals surface area contributed by atoms with Gasteiger partial charge < -0.3 is 15.2 Å². The number of benzene rings is 1. The molecule has 0 spiro atoms. The lowest BCUT2D eigenvalue weighted by molar-refractivity contribution is -0.139. The number of carbonyl (C=O) groups is 3. The van der Waals surface area contributed by atoms with Crippen molar-refractivity contribution in [1.82, 2.24) is 4.90 Å². The van der Waals surface area contributed by atoms with Crippen molar-refractivity contribution in [2.24, 2.45) is 5.73 Å². The number of ether oxygens (including phenoxy) is 2. The number of fused-ring (bicyclic) bond motifs is 1. The van der Waals surface area contributed by atoms with Crippen LogP contribution in [0.3, 0.4) is 0 Å². The standard InChI is InChI=1S/C19H19ClN2O5S/c1-4-27-19(25)14-12(10-7-5-6-8-11(10)20)13(18(24)26-3)15(21)22-16(23)9(2)28-17(14)22/h5-9,12H,4,21H2,1-3H3/t9-,12-/m0/s1. The second-order valence-corrected chi connectivity index (χ2v) is 7.85. The first-order valence-corrected chi connectivity index (χ1v) is 9.83. The van der Waals surface area contributed by atoms with Crippen molar-refractivity contribution in [1.29, 1.82) is 0 Å². The van der Waals surface area contributed by atoms with E-state index < -0.39 is 23.1 Å². The quantitative estimate of drug-likeness (QED) is 0.744. The smallest absolute Gasteiger partial charge is 0.338 e. The van der Waals surface area contributed by atoms with Gasteiger partial charge in [-0.3, -0.25) is 9.69 Å². The highest BCUT2D eigenvalue weighted by molar-refractivity contribution is 8.04. The van der Waals surface area contributed by atoms with E-state index in [0.29, 0.717) is 15.6 Å². The number of hydrogen-bond donors (Lipinski definition) is 1. The number of hydrogen-bond acceptors (Lipinski definition) is 7. The van der Waals surface area contributed by atoms with Crippen molar-refractivity contribution in [2.75, 3.05) is 13.7 Å². The highest BCUT2D eigenvalue weighted by Crippen LogP contribution is 2.50. The van der Waals surface area contributed by atoms with Crippen LogP contribution in [0, 0.1) is 0 Å². The van der Waals surface area contributed by atoms with Gasteiger partial charge in [0.25, 0.3) is 0 Å². The molecule has 7 nitrogen and oxygen atoms in total. The van der Waals surface area contributed by atoms with Crippen LogP contribution in [-0.4, -0.2) is 41.7 Å². The number of rotatable bonds is 4. The van der Waals surface area contributed by atoms with Gasteiger partial charge in [-0.05, 0) is 25.5 Å². The lowest BCUT2D eigenvalue weighted by atomic mass is 9.82. The van der Waals surface area contributed by atoms with Crippen LogP contribution >= 0.6 is 23.4 Å². The number of amides is 1. The van der Waals surface area contributed by atoms with Crippen molar-refractivity contribution in [3.05, 3.63) is 56.8 Å². The molecule has 0 radical (unpaired) electrons. The highest BCUT2D eigenvalue weighted by atomic mass is 35.5. The first-order valence-electron chi connectivity index (χ1n) is 8.57. The third-order valence-corrected chi connectivity index (χ3v) is 6.03. The number of methoxy groups -OCH3 is 1. The van der Waals surface area contributed by atoms with Crippen molar-refractivity contribution < 1.29 is 23.9 Å². The van der Waals surface area contributed by atoms with Gasteiger partial charge in [0.15, 0.2) is 0 Å². The maximum absolute atomic E-state index is 12.9. The van der Waals surface area contributed by atoms with Crippen LogP contribution < -0.4 is 5.73 Å². The number of nitrogens with zero attached hydrogens (tertiary/aromatic N) is 1. The van der Waals surface area contributed by atoms with Crippen molar-refractivity contribution in [2.45, 2.75) is 25.0 Å². The predicted octanol–water partition coefficient (Wildman–Crippen LogP) is 2.52. The second-order valence-electron chi connectivity index (χ2n) is 6.12. The Bertz CT molecular complexity index is 927. The molecule has 1 fully saturated rings. The molecule has 28 heavy (non-hydrogen) atoms. The number of esters is 2. The van der Waals surface area contributed by atoms with Gasteiger partial charge in [-0.25, -0.2) is 9.59 Å². The Hall–Kier alpha value is -2.45. The van der Waals surface area contributed by atoms with Gasteiger partial charge in [0, 0.05) is 5.02 Å². The molecule has 1 aromatic rings. The molecule has 0 unspecified atom stereocenters. The third kappa shape index (κ3) is 3.16. The van der Waals surface area contributed by atoms with Crippen LogP contribution in [-0.2, 0) is 23.9 Å². The average molecular weight is 423 g/mol. The maximum Gasteiger partial charge on any atom is 0.338 e. The van der Waals surface area contributed by atoms with E-state index in [0.717, 1.165) is 0 Å². The topological polar surface area (TPSA) is 98.9 Å². The van der Waals surface area contributed by atoms with Crippen molar-refractivity contribution >= 4 is 41.2 Å². The summed E-state index contributed by atoms with van der Waals surface area (Å²) in [6.45, 7) is 3.51. The molecule has 1 aromatic carbocycles. The summed E-state index contributed by atoms with van der Waals surface area (Å²) in [7, 11) is 1.21. The summed E-state index contributed by atoms with van der Waals surface area (Å²) in [6, 6.07) is 6.82. The predicted molar refractivity (Wildman–Crippen MR) is 105 cm³/mol. The Morgan fingerprint density at radius 2 is 1.93 bits per heavy atom. The molecule has 3 rings (SSSR count). The SMILES string of the molecule is CCOC(=O)C1=C2S[C@@H](C)C(=O)N2C(N)=C(C(=O)OC)[C@@H]1c1ccccc1Cl. The minimum Gasteiger partial charge on any atom is -0.466 e. The van der Waals surface area contributed by atoms with Gasteiger partial charge in [0.2, 0.25) is 5.91 Å². The summed E-state index contributed by atoms with van der Waals surface area (Å²) in [5.41, 5.74) is 6.87. The molecule has 0 saturated carbocycles. The molecular weight excluding hydrogens is 404 g/mol. The van der Waals surface area contributed by atoms with E-state index in [1.807, 2.05) is 0 Å². The van der Waals surface area contributed by atoms with Gasteiger partial charge in [0.05, 0.1) is 41.1 Å². The average Bonchev–Trinajstić information content (AvgIpc) is 2.96. The summed E-state index contributed by atoms with van der Waals surface area (Å²) in [5, 5.41) is 0.229. The van der Waals surface area contributed by atoms with Gasteiger partial charge in [-0.15, -0.1) is 0 Å². The first-order chi connectivity index (χ1) is 13.3. The molecule has 2 aliphatic rings. The van der Waals surface area contributed by atoms with Gasteiger partial charge in [-0.2, -0.15) is 0 Å². The molecule has 2 atom stereocenters. The van der Waals surface area contributed by atoms with Gasteiger partial charge in [-0.1, -0.05) is 41.6 Å². The van der Waals surface area contributed by atoms with Gasteiger partial charge in [0.1, 0.15) is 5.82 Å². The molecule has 2 heterocycles. The van der Waals surface area contributed by atoms with E-state index >= 15 is 0 Å². The van der Waals surface area contributed by atoms with Crippen molar-refractivity contribution in [3.8, 4) is 0 Å². The summed E-state index contributed by atoms with van der Waals surface area (Å²) in [6.07, 6.45) is 0. The Morgan fingerprint density at radius 1 is 1.25 bits per heavy atom. The molecular formula is C19H19ClN2O5S. The molecule has 2 N–H and O–H groups in total. The van der Waals surface area contributed by atoms with Crippen LogP contribution in [0.5, 0.6) is 0 Å². The molecule has 9 heteroatoms. The van der Waals surface area contributed by atoms with E-state index in [9.17, 15) is 14.4 Å². The summed E-state index contributed by atoms with van der Waals surface area (Å²) in [5.74, 6) is -2.70. The molecule has 2 aliphatic heterocycles. The lowest BCUT2D eigenvalue weighted by Crippen LogP contribution is -2.40. The Labute approximate surface area is 171 Å². The molecule has 1 saturated heterocycles. The molecule has 0 aromatic heterocycles. The van der Waals surface area contributed by atoms with Crippen LogP contribution in [0.4, 0.5) is 0 Å². The largest absolute Gasteiger partial charge is 0.466 e. The Morgan fingerprint density at radius 3 is 2.54 bits per heavy atom. The fourth-order valence-electron chi connectivity index (χ4n) is 3.27. The lowest BCUT2D eigenvalue weighted by Gasteiger charge is -2.33. The zero-order valence-corrected chi connectivity index (χ0v) is 17.1. The van der Waals surface area contributed by atoms with Crippen LogP contribution in [0.1, 0.15) is 25.3 Å². The van der Waals surface area contributed by atoms with E-state index in [1.165, 1.54) is 23.8 Å². The van der Waals surface area contributed by atoms with Crippen LogP contribution in [0.25, 0.3) is 0 Å². The molecule has 0 aliphatic carbocycles. The summed E-state index contributed by atoms with van der Waals surface area (Å²) >= 11 is 7.58. The van der Waals surface area contributed by atoms with E-state index in [4.69, 9.17) is 26.8 Å². The molecule has 0 bridgehead atoms. The summed E-state index contributed by atoms with van der Waals surface area (Å²) in [4.78, 5) is 39.4. The number of nitrogens with two attached hydrogens (primary N) is 1. The monoisotopic (exact) mass is 422 g/mol. The van der Waals surface area contributed by atoms with Gasteiger partial charge >= 0.3 is 11.9 Å². The van der Waals surface area contributed by atoms with Crippen LogP contribution in [0.15, 0.2) is 46.3 Å². The number of halogens is 1. The summed E-state index contributed by atoms with van der Waals surface area (Å²) < 4.78 is 10.2. The third-order valence-electron chi connectivity index (χ3n) is 4.50. The fraction of sp³-hybridized carbons (Fsp3) is 0.316. The van der Waals surface area contributed by atoms with E-state index in [1.54, 1.807) is 38.1 Å². The first kappa shape index (κ1) is 20.3. The molecule has 1 amide bonds. The highest BCUT2D eigenvalue weighted by Gasteiger charge is 2.49. The molecule has 148 valence electrons. The normalized spacial score (nSPS) is 21.7. The number of carbonyl (C=O) groups excluding carboxylic acids is 3. The minimum absolute atomic E-state index is 0.0227. The van der Waals surface area contributed by atoms with E-state index in [-0.39, 0.29) is 29.5 Å². The Kier molecular flexibility index (Phi) is 5.71. The fourth-order valence-corrected chi connectivity index (χ4v) is 4.68. The second kappa shape index (κ2) is 7.89.